The van der Waals surface area contributed by atoms with Crippen molar-refractivity contribution >= 4 is 11.9 Å². The maximum Gasteiger partial charge on any atom is 0.408 e. The van der Waals surface area contributed by atoms with E-state index in [1.54, 1.807) is 26.8 Å². The van der Waals surface area contributed by atoms with Gasteiger partial charge in [0.2, 0.25) is 0 Å². The number of aromatic nitrogens is 1. The van der Waals surface area contributed by atoms with Crippen LogP contribution in [-0.4, -0.2) is 30.1 Å². The number of anilines is 1. The highest BCUT2D eigenvalue weighted by molar-refractivity contribution is 5.69. The van der Waals surface area contributed by atoms with E-state index in [1.807, 2.05) is 0 Å². The van der Waals surface area contributed by atoms with Crippen LogP contribution in [0.2, 0.25) is 0 Å². The SMILES string of the molecule is CC(C)(C)OC(=O)NC1(c2cc(N)no2)CCOC1. The monoisotopic (exact) mass is 269 g/mol. The number of rotatable bonds is 2. The summed E-state index contributed by atoms with van der Waals surface area (Å²) in [5.74, 6) is 0.751. The van der Waals surface area contributed by atoms with Gasteiger partial charge in [0, 0.05) is 19.1 Å². The molecule has 0 aliphatic carbocycles. The van der Waals surface area contributed by atoms with Crippen molar-refractivity contribution in [1.82, 2.24) is 10.5 Å². The van der Waals surface area contributed by atoms with Crippen LogP contribution < -0.4 is 11.1 Å². The molecule has 1 amide bonds. The van der Waals surface area contributed by atoms with Crippen LogP contribution >= 0.6 is 0 Å². The van der Waals surface area contributed by atoms with Crippen LogP contribution in [0.15, 0.2) is 10.6 Å². The number of carbonyl (C=O) groups excluding carboxylic acids is 1. The summed E-state index contributed by atoms with van der Waals surface area (Å²) >= 11 is 0. The van der Waals surface area contributed by atoms with Crippen molar-refractivity contribution in [3.05, 3.63) is 11.8 Å². The van der Waals surface area contributed by atoms with E-state index in [4.69, 9.17) is 19.7 Å². The van der Waals surface area contributed by atoms with E-state index in [9.17, 15) is 4.79 Å². The number of hydrogen-bond donors (Lipinski definition) is 2. The van der Waals surface area contributed by atoms with E-state index >= 15 is 0 Å². The molecule has 19 heavy (non-hydrogen) atoms. The summed E-state index contributed by atoms with van der Waals surface area (Å²) in [5.41, 5.74) is 4.23. The summed E-state index contributed by atoms with van der Waals surface area (Å²) in [6.45, 7) is 6.24. The number of carbonyl (C=O) groups is 1. The fraction of sp³-hybridized carbons (Fsp3) is 0.667. The van der Waals surface area contributed by atoms with Gasteiger partial charge in [0.1, 0.15) is 11.1 Å². The predicted octanol–water partition coefficient (Wildman–Crippen LogP) is 1.40. The number of nitrogens with one attached hydrogen (secondary N) is 1. The molecular weight excluding hydrogens is 250 g/mol. The third kappa shape index (κ3) is 3.17. The molecule has 2 rings (SSSR count). The molecule has 1 fully saturated rings. The Morgan fingerprint density at radius 1 is 1.58 bits per heavy atom. The summed E-state index contributed by atoms with van der Waals surface area (Å²) in [7, 11) is 0. The van der Waals surface area contributed by atoms with Crippen LogP contribution in [0, 0.1) is 0 Å². The number of nitrogens with zero attached hydrogens (tertiary/aromatic N) is 1. The Kier molecular flexibility index (Phi) is 3.40. The van der Waals surface area contributed by atoms with Gasteiger partial charge in [0.15, 0.2) is 11.6 Å². The summed E-state index contributed by atoms with van der Waals surface area (Å²) < 4.78 is 15.8. The Morgan fingerprint density at radius 3 is 2.79 bits per heavy atom. The molecule has 1 aliphatic heterocycles. The number of amides is 1. The zero-order chi connectivity index (χ0) is 14.1. The van der Waals surface area contributed by atoms with Gasteiger partial charge in [-0.05, 0) is 20.8 Å². The minimum absolute atomic E-state index is 0.271. The van der Waals surface area contributed by atoms with E-state index < -0.39 is 17.2 Å². The summed E-state index contributed by atoms with van der Waals surface area (Å²) in [6, 6.07) is 1.59. The van der Waals surface area contributed by atoms with E-state index in [0.29, 0.717) is 25.4 Å². The fourth-order valence-electron chi connectivity index (χ4n) is 1.93. The van der Waals surface area contributed by atoms with Gasteiger partial charge in [-0.25, -0.2) is 4.79 Å². The minimum atomic E-state index is -0.757. The molecule has 1 aromatic heterocycles. The molecule has 1 aliphatic rings. The average Bonchev–Trinajstić information content (AvgIpc) is 2.84. The fourth-order valence-corrected chi connectivity index (χ4v) is 1.93. The molecule has 0 spiro atoms. The molecule has 0 saturated carbocycles. The Balaban J connectivity index is 2.15. The van der Waals surface area contributed by atoms with Crippen molar-refractivity contribution in [1.29, 1.82) is 0 Å². The lowest BCUT2D eigenvalue weighted by atomic mass is 9.95. The number of hydrogen-bond acceptors (Lipinski definition) is 6. The standard InChI is InChI=1S/C12H19N3O4/c1-11(2,3)18-10(16)14-12(4-5-17-7-12)8-6-9(13)15-19-8/h6H,4-5,7H2,1-3H3,(H2,13,15)(H,14,16). The number of nitrogen functional groups attached to an aromatic ring is 1. The van der Waals surface area contributed by atoms with E-state index in [0.717, 1.165) is 0 Å². The van der Waals surface area contributed by atoms with Gasteiger partial charge in [-0.2, -0.15) is 0 Å². The smallest absolute Gasteiger partial charge is 0.408 e. The highest BCUT2D eigenvalue weighted by Gasteiger charge is 2.42. The predicted molar refractivity (Wildman–Crippen MR) is 67.4 cm³/mol. The molecule has 1 atom stereocenters. The van der Waals surface area contributed by atoms with Crippen LogP contribution in [0.25, 0.3) is 0 Å². The summed E-state index contributed by atoms with van der Waals surface area (Å²) in [6.07, 6.45) is 0.0638. The molecular formula is C12H19N3O4. The van der Waals surface area contributed by atoms with Crippen molar-refractivity contribution in [2.45, 2.75) is 38.3 Å². The van der Waals surface area contributed by atoms with Gasteiger partial charge >= 0.3 is 6.09 Å². The molecule has 1 saturated heterocycles. The molecule has 7 heteroatoms. The maximum atomic E-state index is 11.9. The van der Waals surface area contributed by atoms with E-state index in [1.165, 1.54) is 0 Å². The highest BCUT2D eigenvalue weighted by Crippen LogP contribution is 2.31. The zero-order valence-corrected chi connectivity index (χ0v) is 11.4. The van der Waals surface area contributed by atoms with E-state index in [-0.39, 0.29) is 5.82 Å². The van der Waals surface area contributed by atoms with E-state index in [2.05, 4.69) is 10.5 Å². The van der Waals surface area contributed by atoms with Gasteiger partial charge in [-0.3, -0.25) is 0 Å². The molecule has 3 N–H and O–H groups in total. The summed E-state index contributed by atoms with van der Waals surface area (Å²) in [5, 5.41) is 6.45. The Bertz CT molecular complexity index is 458. The van der Waals surface area contributed by atoms with Crippen LogP contribution in [0.4, 0.5) is 10.6 Å². The second-order valence-corrected chi connectivity index (χ2v) is 5.63. The zero-order valence-electron chi connectivity index (χ0n) is 11.4. The van der Waals surface area contributed by atoms with Crippen molar-refractivity contribution in [2.24, 2.45) is 0 Å². The molecule has 7 nitrogen and oxygen atoms in total. The Labute approximate surface area is 111 Å². The van der Waals surface area contributed by atoms with Crippen molar-refractivity contribution in [3.63, 3.8) is 0 Å². The molecule has 1 aromatic rings. The molecule has 2 heterocycles. The number of alkyl carbamates (subject to hydrolysis) is 1. The van der Waals surface area contributed by atoms with Gasteiger partial charge < -0.3 is 25.0 Å². The van der Waals surface area contributed by atoms with Gasteiger partial charge in [-0.1, -0.05) is 5.16 Å². The normalized spacial score (nSPS) is 23.3. The second kappa shape index (κ2) is 4.73. The first-order valence-electron chi connectivity index (χ1n) is 6.12. The van der Waals surface area contributed by atoms with Crippen molar-refractivity contribution in [3.8, 4) is 0 Å². The number of ether oxygens (including phenoxy) is 2. The van der Waals surface area contributed by atoms with Gasteiger partial charge in [0.05, 0.1) is 6.61 Å². The number of nitrogens with two attached hydrogens (primary N) is 1. The lowest BCUT2D eigenvalue weighted by Crippen LogP contribution is -2.48. The lowest BCUT2D eigenvalue weighted by Gasteiger charge is -2.28. The summed E-state index contributed by atoms with van der Waals surface area (Å²) in [4.78, 5) is 11.9. The van der Waals surface area contributed by atoms with Crippen LogP contribution in [0.3, 0.4) is 0 Å². The Hall–Kier alpha value is -1.76. The lowest BCUT2D eigenvalue weighted by molar-refractivity contribution is 0.0413. The van der Waals surface area contributed by atoms with Crippen molar-refractivity contribution in [2.75, 3.05) is 18.9 Å². The Morgan fingerprint density at radius 2 is 2.32 bits per heavy atom. The maximum absolute atomic E-state index is 11.9. The minimum Gasteiger partial charge on any atom is -0.444 e. The van der Waals surface area contributed by atoms with Gasteiger partial charge in [0.25, 0.3) is 0 Å². The van der Waals surface area contributed by atoms with Crippen LogP contribution in [-0.2, 0) is 15.0 Å². The topological polar surface area (TPSA) is 99.6 Å². The van der Waals surface area contributed by atoms with Crippen LogP contribution in [0.1, 0.15) is 33.0 Å². The molecule has 106 valence electrons. The molecule has 1 unspecified atom stereocenters. The third-order valence-electron chi connectivity index (χ3n) is 2.76. The third-order valence-corrected chi connectivity index (χ3v) is 2.76. The first-order valence-corrected chi connectivity index (χ1v) is 6.12. The first-order chi connectivity index (χ1) is 8.81. The quantitative estimate of drug-likeness (QED) is 0.841. The van der Waals surface area contributed by atoms with Crippen molar-refractivity contribution < 1.29 is 18.8 Å². The van der Waals surface area contributed by atoms with Crippen LogP contribution in [0.5, 0.6) is 0 Å². The first kappa shape index (κ1) is 13.7. The molecule has 0 aromatic carbocycles. The molecule has 0 radical (unpaired) electrons. The van der Waals surface area contributed by atoms with Gasteiger partial charge in [-0.15, -0.1) is 0 Å². The highest BCUT2D eigenvalue weighted by atomic mass is 16.6. The molecule has 0 bridgehead atoms. The average molecular weight is 269 g/mol. The second-order valence-electron chi connectivity index (χ2n) is 5.63. The largest absolute Gasteiger partial charge is 0.444 e.